The number of rotatable bonds is 1. The highest BCUT2D eigenvalue weighted by Crippen LogP contribution is 2.10. The fourth-order valence-electron chi connectivity index (χ4n) is 1.04. The molecule has 0 aliphatic heterocycles. The van der Waals surface area contributed by atoms with Crippen LogP contribution < -0.4 is 0 Å². The summed E-state index contributed by atoms with van der Waals surface area (Å²) in [5.41, 5.74) is 0. The monoisotopic (exact) mass is 194 g/mol. The van der Waals surface area contributed by atoms with Gasteiger partial charge in [0.15, 0.2) is 0 Å². The first kappa shape index (κ1) is 8.19. The van der Waals surface area contributed by atoms with E-state index in [0.717, 1.165) is 5.82 Å². The molecule has 0 radical (unpaired) electrons. The Kier molecular flexibility index (Phi) is 1.98. The Morgan fingerprint density at radius 2 is 2.23 bits per heavy atom. The Hall–Kier alpha value is -1.42. The molecule has 66 valence electrons. The van der Waals surface area contributed by atoms with Gasteiger partial charge in [-0.2, -0.15) is 0 Å². The molecule has 0 unspecified atom stereocenters. The summed E-state index contributed by atoms with van der Waals surface area (Å²) < 4.78 is 1.78. The molecular formula is C8H7ClN4. The van der Waals surface area contributed by atoms with E-state index in [2.05, 4.69) is 15.0 Å². The largest absolute Gasteiger partial charge is 0.290 e. The van der Waals surface area contributed by atoms with Gasteiger partial charge in [0.2, 0.25) is 0 Å². The summed E-state index contributed by atoms with van der Waals surface area (Å²) >= 11 is 5.78. The molecule has 2 aromatic heterocycles. The second-order valence-corrected chi connectivity index (χ2v) is 2.95. The third-order valence-electron chi connectivity index (χ3n) is 1.56. The molecule has 4 nitrogen and oxygen atoms in total. The topological polar surface area (TPSA) is 43.6 Å². The summed E-state index contributed by atoms with van der Waals surface area (Å²) in [6, 6.07) is 1.69. The molecule has 2 heterocycles. The van der Waals surface area contributed by atoms with E-state index in [1.54, 1.807) is 36.3 Å². The minimum atomic E-state index is 0.441. The normalized spacial score (nSPS) is 10.3. The minimum absolute atomic E-state index is 0.441. The van der Waals surface area contributed by atoms with Crippen molar-refractivity contribution in [2.75, 3.05) is 0 Å². The van der Waals surface area contributed by atoms with Crippen molar-refractivity contribution in [3.05, 3.63) is 35.8 Å². The van der Waals surface area contributed by atoms with E-state index in [4.69, 9.17) is 11.6 Å². The van der Waals surface area contributed by atoms with Crippen LogP contribution in [-0.4, -0.2) is 19.5 Å². The van der Waals surface area contributed by atoms with E-state index < -0.39 is 0 Å². The molecule has 0 bridgehead atoms. The van der Waals surface area contributed by atoms with Crippen LogP contribution in [0, 0.1) is 6.92 Å². The van der Waals surface area contributed by atoms with Crippen LogP contribution >= 0.6 is 11.6 Å². The minimum Gasteiger partial charge on any atom is -0.290 e. The Morgan fingerprint density at radius 3 is 2.85 bits per heavy atom. The average Bonchev–Trinajstić information content (AvgIpc) is 2.53. The standard InChI is InChI=1S/C8H7ClN4/c1-6-11-7(9)4-8(12-6)13-3-2-10-5-13/h2-5H,1H3. The summed E-state index contributed by atoms with van der Waals surface area (Å²) in [5, 5.41) is 0.441. The molecule has 0 spiro atoms. The molecule has 0 saturated heterocycles. The lowest BCUT2D eigenvalue weighted by molar-refractivity contribution is 0.937. The molecule has 2 rings (SSSR count). The maximum absolute atomic E-state index is 5.78. The zero-order valence-corrected chi connectivity index (χ0v) is 7.73. The van der Waals surface area contributed by atoms with Gasteiger partial charge in [-0.05, 0) is 6.92 Å². The summed E-state index contributed by atoms with van der Waals surface area (Å²) in [4.78, 5) is 12.1. The SMILES string of the molecule is Cc1nc(Cl)cc(-n2ccnc2)n1. The maximum Gasteiger partial charge on any atom is 0.143 e. The second-order valence-electron chi connectivity index (χ2n) is 2.57. The Morgan fingerprint density at radius 1 is 1.38 bits per heavy atom. The highest BCUT2D eigenvalue weighted by Gasteiger charge is 2.00. The van der Waals surface area contributed by atoms with Gasteiger partial charge in [0.1, 0.15) is 23.1 Å². The number of aromatic nitrogens is 4. The summed E-state index contributed by atoms with van der Waals surface area (Å²) in [6.07, 6.45) is 5.15. The van der Waals surface area contributed by atoms with Crippen molar-refractivity contribution in [3.8, 4) is 5.82 Å². The Labute approximate surface area is 80.2 Å². The zero-order chi connectivity index (χ0) is 9.26. The molecule has 0 N–H and O–H groups in total. The van der Waals surface area contributed by atoms with E-state index in [0.29, 0.717) is 11.0 Å². The van der Waals surface area contributed by atoms with Crippen LogP contribution in [0.25, 0.3) is 5.82 Å². The molecule has 0 fully saturated rings. The number of imidazole rings is 1. The van der Waals surface area contributed by atoms with E-state index in [-0.39, 0.29) is 0 Å². The van der Waals surface area contributed by atoms with Crippen LogP contribution in [0.4, 0.5) is 0 Å². The molecule has 0 aliphatic carbocycles. The van der Waals surface area contributed by atoms with Gasteiger partial charge < -0.3 is 0 Å². The van der Waals surface area contributed by atoms with Crippen LogP contribution in [0.2, 0.25) is 5.15 Å². The molecule has 13 heavy (non-hydrogen) atoms. The van der Waals surface area contributed by atoms with Crippen LogP contribution in [0.5, 0.6) is 0 Å². The predicted octanol–water partition coefficient (Wildman–Crippen LogP) is 1.62. The molecule has 2 aromatic rings. The van der Waals surface area contributed by atoms with Crippen molar-refractivity contribution < 1.29 is 0 Å². The van der Waals surface area contributed by atoms with Crippen molar-refractivity contribution in [1.82, 2.24) is 19.5 Å². The first-order valence-corrected chi connectivity index (χ1v) is 4.13. The van der Waals surface area contributed by atoms with E-state index in [1.807, 2.05) is 0 Å². The molecule has 0 aliphatic rings. The summed E-state index contributed by atoms with van der Waals surface area (Å²) in [5.74, 6) is 1.38. The Balaban J connectivity index is 2.53. The lowest BCUT2D eigenvalue weighted by atomic mass is 10.5. The van der Waals surface area contributed by atoms with E-state index in [9.17, 15) is 0 Å². The number of hydrogen-bond donors (Lipinski definition) is 0. The van der Waals surface area contributed by atoms with Gasteiger partial charge in [-0.3, -0.25) is 4.57 Å². The average molecular weight is 195 g/mol. The summed E-state index contributed by atoms with van der Waals surface area (Å²) in [6.45, 7) is 1.80. The van der Waals surface area contributed by atoms with Gasteiger partial charge in [0, 0.05) is 18.5 Å². The fourth-order valence-corrected chi connectivity index (χ4v) is 1.26. The molecule has 0 aromatic carbocycles. The van der Waals surface area contributed by atoms with Crippen LogP contribution in [0.1, 0.15) is 5.82 Å². The van der Waals surface area contributed by atoms with Crippen LogP contribution in [0.3, 0.4) is 0 Å². The number of aryl methyl sites for hydroxylation is 1. The second kappa shape index (κ2) is 3.14. The number of nitrogens with zero attached hydrogens (tertiary/aromatic N) is 4. The molecule has 5 heteroatoms. The van der Waals surface area contributed by atoms with Gasteiger partial charge in [0.05, 0.1) is 0 Å². The van der Waals surface area contributed by atoms with Crippen molar-refractivity contribution in [2.24, 2.45) is 0 Å². The van der Waals surface area contributed by atoms with Gasteiger partial charge in [-0.25, -0.2) is 15.0 Å². The Bertz CT molecular complexity index is 390. The highest BCUT2D eigenvalue weighted by molar-refractivity contribution is 6.29. The molecule has 0 saturated carbocycles. The highest BCUT2D eigenvalue weighted by atomic mass is 35.5. The van der Waals surface area contributed by atoms with Crippen LogP contribution in [-0.2, 0) is 0 Å². The van der Waals surface area contributed by atoms with Crippen molar-refractivity contribution >= 4 is 11.6 Å². The first-order chi connectivity index (χ1) is 6.25. The molecule has 0 atom stereocenters. The quantitative estimate of drug-likeness (QED) is 0.648. The first-order valence-electron chi connectivity index (χ1n) is 3.75. The van der Waals surface area contributed by atoms with E-state index >= 15 is 0 Å². The van der Waals surface area contributed by atoms with Gasteiger partial charge in [-0.15, -0.1) is 0 Å². The van der Waals surface area contributed by atoms with Gasteiger partial charge in [0.25, 0.3) is 0 Å². The van der Waals surface area contributed by atoms with Crippen LogP contribution in [0.15, 0.2) is 24.8 Å². The smallest absolute Gasteiger partial charge is 0.143 e. The number of halogens is 1. The maximum atomic E-state index is 5.78. The number of hydrogen-bond acceptors (Lipinski definition) is 3. The predicted molar refractivity (Wildman–Crippen MR) is 48.9 cm³/mol. The lowest BCUT2D eigenvalue weighted by Gasteiger charge is -2.01. The van der Waals surface area contributed by atoms with Gasteiger partial charge in [-0.1, -0.05) is 11.6 Å². The third-order valence-corrected chi connectivity index (χ3v) is 1.76. The molecule has 0 amide bonds. The van der Waals surface area contributed by atoms with Crippen molar-refractivity contribution in [2.45, 2.75) is 6.92 Å². The van der Waals surface area contributed by atoms with E-state index in [1.165, 1.54) is 0 Å². The fraction of sp³-hybridized carbons (Fsp3) is 0.125. The zero-order valence-electron chi connectivity index (χ0n) is 6.98. The van der Waals surface area contributed by atoms with Gasteiger partial charge >= 0.3 is 0 Å². The van der Waals surface area contributed by atoms with Crippen molar-refractivity contribution in [1.29, 1.82) is 0 Å². The third kappa shape index (κ3) is 1.67. The summed E-state index contributed by atoms with van der Waals surface area (Å²) in [7, 11) is 0. The van der Waals surface area contributed by atoms with Crippen molar-refractivity contribution in [3.63, 3.8) is 0 Å². The molecular weight excluding hydrogens is 188 g/mol. The lowest BCUT2D eigenvalue weighted by Crippen LogP contribution is -1.98.